The summed E-state index contributed by atoms with van der Waals surface area (Å²) < 4.78 is 17.0. The average molecular weight is 496 g/mol. The number of aliphatic hydroxyl groups is 1. The van der Waals surface area contributed by atoms with Gasteiger partial charge in [0, 0.05) is 23.2 Å². The summed E-state index contributed by atoms with van der Waals surface area (Å²) in [5.74, 6) is -0.410. The number of likely N-dealkylation sites (tertiary alicyclic amines) is 1. The minimum Gasteiger partial charge on any atom is -0.507 e. The zero-order valence-electron chi connectivity index (χ0n) is 22.3. The number of carbonyl (C=O) groups is 2. The van der Waals surface area contributed by atoms with Gasteiger partial charge >= 0.3 is 0 Å². The van der Waals surface area contributed by atoms with Crippen molar-refractivity contribution in [3.8, 4) is 11.5 Å². The molecule has 7 nitrogen and oxygen atoms in total. The van der Waals surface area contributed by atoms with Crippen molar-refractivity contribution < 1.29 is 28.9 Å². The van der Waals surface area contributed by atoms with E-state index in [1.165, 1.54) is 12.0 Å². The van der Waals surface area contributed by atoms with Crippen LogP contribution in [0.5, 0.6) is 11.5 Å². The van der Waals surface area contributed by atoms with E-state index in [9.17, 15) is 14.7 Å². The molecule has 3 rings (SSSR count). The Hall–Kier alpha value is -3.32. The second-order valence-electron chi connectivity index (χ2n) is 10.0. The monoisotopic (exact) mass is 495 g/mol. The van der Waals surface area contributed by atoms with Gasteiger partial charge in [0.15, 0.2) is 0 Å². The van der Waals surface area contributed by atoms with E-state index >= 15 is 0 Å². The molecular weight excluding hydrogens is 458 g/mol. The smallest absolute Gasteiger partial charge is 0.295 e. The molecule has 1 saturated heterocycles. The molecule has 2 aromatic carbocycles. The first kappa shape index (κ1) is 27.3. The highest BCUT2D eigenvalue weighted by molar-refractivity contribution is 6.46. The van der Waals surface area contributed by atoms with Gasteiger partial charge in [0.2, 0.25) is 0 Å². The number of para-hydroxylation sites is 1. The lowest BCUT2D eigenvalue weighted by Crippen LogP contribution is -2.33. The Balaban J connectivity index is 2.20. The number of ether oxygens (including phenoxy) is 3. The first-order chi connectivity index (χ1) is 17.0. The van der Waals surface area contributed by atoms with Crippen molar-refractivity contribution in [1.29, 1.82) is 0 Å². The summed E-state index contributed by atoms with van der Waals surface area (Å²) in [5, 5.41) is 11.5. The molecule has 1 fully saturated rings. The van der Waals surface area contributed by atoms with Gasteiger partial charge < -0.3 is 24.2 Å². The minimum atomic E-state index is -0.818. The molecule has 0 aromatic heterocycles. The molecule has 36 heavy (non-hydrogen) atoms. The van der Waals surface area contributed by atoms with Crippen LogP contribution in [0.15, 0.2) is 48.0 Å². The Morgan fingerprint density at radius 1 is 1.08 bits per heavy atom. The number of hydrogen-bond donors (Lipinski definition) is 1. The largest absolute Gasteiger partial charge is 0.507 e. The van der Waals surface area contributed by atoms with Gasteiger partial charge in [-0.05, 0) is 50.5 Å². The molecule has 0 aliphatic carbocycles. The Morgan fingerprint density at radius 3 is 2.39 bits per heavy atom. The van der Waals surface area contributed by atoms with Crippen molar-refractivity contribution >= 4 is 17.4 Å². The third-order valence-electron chi connectivity index (χ3n) is 6.12. The Labute approximate surface area is 213 Å². The van der Waals surface area contributed by atoms with Crippen molar-refractivity contribution in [2.75, 3.05) is 26.9 Å². The van der Waals surface area contributed by atoms with Crippen LogP contribution in [0.2, 0.25) is 0 Å². The Kier molecular flexibility index (Phi) is 8.46. The third kappa shape index (κ3) is 5.57. The fourth-order valence-electron chi connectivity index (χ4n) is 4.41. The lowest BCUT2D eigenvalue weighted by atomic mass is 9.84. The normalized spacial score (nSPS) is 17.7. The SMILES string of the molecule is CCOc1ccc(/C(O)=C2\C(=O)C(=O)N(CCOC(C)C)C2c2ccccc2OC)cc1C(C)(C)C. The number of Topliss-reactive ketones (excluding diaryl/α,β-unsaturated/α-hetero) is 1. The molecule has 0 bridgehead atoms. The van der Waals surface area contributed by atoms with E-state index in [4.69, 9.17) is 14.2 Å². The van der Waals surface area contributed by atoms with Crippen LogP contribution in [-0.4, -0.2) is 54.7 Å². The number of benzene rings is 2. The Bertz CT molecular complexity index is 1140. The molecule has 7 heteroatoms. The van der Waals surface area contributed by atoms with Gasteiger partial charge in [0.25, 0.3) is 11.7 Å². The van der Waals surface area contributed by atoms with Crippen molar-refractivity contribution in [3.63, 3.8) is 0 Å². The van der Waals surface area contributed by atoms with Gasteiger partial charge in [-0.1, -0.05) is 39.0 Å². The van der Waals surface area contributed by atoms with Crippen molar-refractivity contribution in [2.24, 2.45) is 0 Å². The molecule has 1 aliphatic rings. The van der Waals surface area contributed by atoms with Gasteiger partial charge in [0.05, 0.1) is 38.0 Å². The lowest BCUT2D eigenvalue weighted by molar-refractivity contribution is -0.140. The van der Waals surface area contributed by atoms with Crippen LogP contribution in [0, 0.1) is 0 Å². The summed E-state index contributed by atoms with van der Waals surface area (Å²) in [6, 6.07) is 11.7. The van der Waals surface area contributed by atoms with Crippen molar-refractivity contribution in [3.05, 3.63) is 64.7 Å². The second kappa shape index (κ2) is 11.2. The van der Waals surface area contributed by atoms with Gasteiger partial charge in [-0.15, -0.1) is 0 Å². The highest BCUT2D eigenvalue weighted by atomic mass is 16.5. The molecular formula is C29H37NO6. The number of methoxy groups -OCH3 is 1. The standard InChI is InChI=1S/C29H37NO6/c1-8-35-23-14-13-19(17-21(23)29(4,5)6)26(31)24-25(20-11-9-10-12-22(20)34-7)30(28(33)27(24)32)15-16-36-18(2)3/h9-14,17-18,25,31H,8,15-16H2,1-7H3/b26-24+. The third-order valence-corrected chi connectivity index (χ3v) is 6.12. The maximum absolute atomic E-state index is 13.3. The zero-order valence-corrected chi connectivity index (χ0v) is 22.3. The summed E-state index contributed by atoms with van der Waals surface area (Å²) in [6.45, 7) is 12.8. The fourth-order valence-corrected chi connectivity index (χ4v) is 4.41. The summed E-state index contributed by atoms with van der Waals surface area (Å²) in [7, 11) is 1.54. The molecule has 1 aliphatic heterocycles. The van der Waals surface area contributed by atoms with Gasteiger partial charge in [-0.3, -0.25) is 9.59 Å². The highest BCUT2D eigenvalue weighted by Gasteiger charge is 2.47. The number of carbonyl (C=O) groups excluding carboxylic acids is 2. The summed E-state index contributed by atoms with van der Waals surface area (Å²) in [6.07, 6.45) is -0.0220. The predicted octanol–water partition coefficient (Wildman–Crippen LogP) is 5.24. The summed E-state index contributed by atoms with van der Waals surface area (Å²) in [4.78, 5) is 28.0. The van der Waals surface area contributed by atoms with Crippen LogP contribution >= 0.6 is 0 Å². The molecule has 1 heterocycles. The van der Waals surface area contributed by atoms with E-state index in [1.807, 2.05) is 39.0 Å². The topological polar surface area (TPSA) is 85.3 Å². The number of hydrogen-bond acceptors (Lipinski definition) is 6. The maximum atomic E-state index is 13.3. The maximum Gasteiger partial charge on any atom is 0.295 e. The van der Waals surface area contributed by atoms with E-state index < -0.39 is 17.7 Å². The average Bonchev–Trinajstić information content (AvgIpc) is 3.08. The summed E-state index contributed by atoms with van der Waals surface area (Å²) >= 11 is 0. The zero-order chi connectivity index (χ0) is 26.6. The number of aliphatic hydroxyl groups excluding tert-OH is 1. The molecule has 1 unspecified atom stereocenters. The van der Waals surface area contributed by atoms with Gasteiger partial charge in [0.1, 0.15) is 17.3 Å². The van der Waals surface area contributed by atoms with Crippen LogP contribution in [0.4, 0.5) is 0 Å². The van der Waals surface area contributed by atoms with Crippen LogP contribution in [-0.2, 0) is 19.7 Å². The molecule has 1 atom stereocenters. The molecule has 1 N–H and O–H groups in total. The van der Waals surface area contributed by atoms with Crippen LogP contribution < -0.4 is 9.47 Å². The van der Waals surface area contributed by atoms with Crippen LogP contribution in [0.25, 0.3) is 5.76 Å². The van der Waals surface area contributed by atoms with Crippen LogP contribution in [0.1, 0.15) is 64.3 Å². The van der Waals surface area contributed by atoms with Gasteiger partial charge in [-0.2, -0.15) is 0 Å². The van der Waals surface area contributed by atoms with Crippen molar-refractivity contribution in [1.82, 2.24) is 4.90 Å². The quantitative estimate of drug-likeness (QED) is 0.291. The van der Waals surface area contributed by atoms with Crippen molar-refractivity contribution in [2.45, 2.75) is 59.1 Å². The predicted molar refractivity (Wildman–Crippen MR) is 139 cm³/mol. The first-order valence-electron chi connectivity index (χ1n) is 12.3. The van der Waals surface area contributed by atoms with E-state index in [0.717, 1.165) is 5.56 Å². The number of nitrogens with zero attached hydrogens (tertiary/aromatic N) is 1. The van der Waals surface area contributed by atoms with Gasteiger partial charge in [-0.25, -0.2) is 0 Å². The number of ketones is 1. The molecule has 0 spiro atoms. The Morgan fingerprint density at radius 2 is 1.78 bits per heavy atom. The molecule has 194 valence electrons. The van der Waals surface area contributed by atoms with E-state index in [0.29, 0.717) is 29.2 Å². The van der Waals surface area contributed by atoms with E-state index in [2.05, 4.69) is 20.8 Å². The number of rotatable bonds is 9. The molecule has 2 aromatic rings. The minimum absolute atomic E-state index is 0.0220. The second-order valence-corrected chi connectivity index (χ2v) is 10.0. The molecule has 1 amide bonds. The molecule has 0 saturated carbocycles. The lowest BCUT2D eigenvalue weighted by Gasteiger charge is -2.27. The highest BCUT2D eigenvalue weighted by Crippen LogP contribution is 2.43. The fraction of sp³-hybridized carbons (Fsp3) is 0.448. The number of amides is 1. The van der Waals surface area contributed by atoms with E-state index in [-0.39, 0.29) is 36.0 Å². The summed E-state index contributed by atoms with van der Waals surface area (Å²) in [5.41, 5.74) is 1.70. The first-order valence-corrected chi connectivity index (χ1v) is 12.3. The van der Waals surface area contributed by atoms with E-state index in [1.54, 1.807) is 24.3 Å². The van der Waals surface area contributed by atoms with Crippen LogP contribution in [0.3, 0.4) is 0 Å². The molecule has 0 radical (unpaired) electrons.